The Morgan fingerprint density at radius 3 is 2.87 bits per heavy atom. The SMILES string of the molecule is O=C(c1cc(-c2c[nH]c3ccc(Br)cc23)nc2ccc(I)cc12)N1CCCNCC1. The lowest BCUT2D eigenvalue weighted by molar-refractivity contribution is 0.0768. The van der Waals surface area contributed by atoms with Crippen molar-refractivity contribution in [3.8, 4) is 11.3 Å². The molecule has 0 atom stereocenters. The molecular formula is C23H20BrIN4O. The summed E-state index contributed by atoms with van der Waals surface area (Å²) in [6.45, 7) is 3.28. The first-order valence-electron chi connectivity index (χ1n) is 9.97. The minimum Gasteiger partial charge on any atom is -0.360 e. The molecule has 7 heteroatoms. The summed E-state index contributed by atoms with van der Waals surface area (Å²) in [7, 11) is 0. The van der Waals surface area contributed by atoms with Crippen molar-refractivity contribution in [3.05, 3.63) is 62.3 Å². The second kappa shape index (κ2) is 8.28. The Morgan fingerprint density at radius 1 is 1.07 bits per heavy atom. The molecule has 0 radical (unpaired) electrons. The van der Waals surface area contributed by atoms with Crippen molar-refractivity contribution in [1.29, 1.82) is 0 Å². The third-order valence-electron chi connectivity index (χ3n) is 5.55. The fourth-order valence-corrected chi connectivity index (χ4v) is 4.89. The maximum Gasteiger partial charge on any atom is 0.254 e. The minimum absolute atomic E-state index is 0.0790. The number of aromatic nitrogens is 2. The van der Waals surface area contributed by atoms with Crippen molar-refractivity contribution in [2.24, 2.45) is 0 Å². The molecule has 1 amide bonds. The minimum atomic E-state index is 0.0790. The van der Waals surface area contributed by atoms with Gasteiger partial charge in [0.2, 0.25) is 0 Å². The van der Waals surface area contributed by atoms with E-state index >= 15 is 0 Å². The van der Waals surface area contributed by atoms with E-state index in [9.17, 15) is 4.79 Å². The summed E-state index contributed by atoms with van der Waals surface area (Å²) in [5.41, 5.74) is 4.42. The van der Waals surface area contributed by atoms with Gasteiger partial charge in [0.05, 0.1) is 16.8 Å². The van der Waals surface area contributed by atoms with Crippen LogP contribution < -0.4 is 5.32 Å². The highest BCUT2D eigenvalue weighted by Crippen LogP contribution is 2.33. The van der Waals surface area contributed by atoms with Crippen LogP contribution in [-0.4, -0.2) is 47.0 Å². The van der Waals surface area contributed by atoms with E-state index in [2.05, 4.69) is 61.0 Å². The van der Waals surface area contributed by atoms with Crippen molar-refractivity contribution in [2.75, 3.05) is 26.2 Å². The topological polar surface area (TPSA) is 61.0 Å². The normalized spacial score (nSPS) is 14.9. The number of aromatic amines is 1. The summed E-state index contributed by atoms with van der Waals surface area (Å²) in [6.07, 6.45) is 2.94. The molecule has 152 valence electrons. The number of fused-ring (bicyclic) bond motifs is 2. The lowest BCUT2D eigenvalue weighted by atomic mass is 10.0. The molecule has 0 spiro atoms. The molecule has 5 rings (SSSR count). The van der Waals surface area contributed by atoms with E-state index in [1.807, 2.05) is 41.4 Å². The molecule has 4 aromatic rings. The fraction of sp³-hybridized carbons (Fsp3) is 0.217. The summed E-state index contributed by atoms with van der Waals surface area (Å²) in [4.78, 5) is 23.8. The Labute approximate surface area is 196 Å². The number of rotatable bonds is 2. The van der Waals surface area contributed by atoms with Gasteiger partial charge in [-0.25, -0.2) is 4.98 Å². The number of nitrogens with zero attached hydrogens (tertiary/aromatic N) is 2. The first-order chi connectivity index (χ1) is 14.6. The molecule has 2 aromatic heterocycles. The number of H-pyrrole nitrogens is 1. The van der Waals surface area contributed by atoms with Gasteiger partial charge in [0.1, 0.15) is 0 Å². The predicted molar refractivity (Wildman–Crippen MR) is 133 cm³/mol. The lowest BCUT2D eigenvalue weighted by Crippen LogP contribution is -2.34. The van der Waals surface area contributed by atoms with Gasteiger partial charge in [-0.2, -0.15) is 0 Å². The van der Waals surface area contributed by atoms with Gasteiger partial charge in [-0.15, -0.1) is 0 Å². The Morgan fingerprint density at radius 2 is 1.97 bits per heavy atom. The summed E-state index contributed by atoms with van der Waals surface area (Å²) < 4.78 is 2.11. The monoisotopic (exact) mass is 574 g/mol. The van der Waals surface area contributed by atoms with Gasteiger partial charge in [-0.1, -0.05) is 15.9 Å². The van der Waals surface area contributed by atoms with E-state index in [0.29, 0.717) is 0 Å². The Kier molecular flexibility index (Phi) is 5.51. The number of carbonyl (C=O) groups is 1. The molecule has 1 saturated heterocycles. The molecule has 0 unspecified atom stereocenters. The van der Waals surface area contributed by atoms with Crippen LogP contribution in [-0.2, 0) is 0 Å². The number of amides is 1. The molecule has 5 nitrogen and oxygen atoms in total. The van der Waals surface area contributed by atoms with Gasteiger partial charge in [-0.3, -0.25) is 4.79 Å². The van der Waals surface area contributed by atoms with Crippen LogP contribution in [0, 0.1) is 3.57 Å². The number of hydrogen-bond acceptors (Lipinski definition) is 3. The van der Waals surface area contributed by atoms with Gasteiger partial charge in [-0.05, 0) is 78.0 Å². The number of nitrogens with one attached hydrogen (secondary N) is 2. The van der Waals surface area contributed by atoms with Crippen LogP contribution in [0.4, 0.5) is 0 Å². The quantitative estimate of drug-likeness (QED) is 0.324. The molecule has 1 aliphatic heterocycles. The molecule has 1 fully saturated rings. The van der Waals surface area contributed by atoms with Crippen LogP contribution in [0.15, 0.2) is 53.1 Å². The number of halogens is 2. The third-order valence-corrected chi connectivity index (χ3v) is 6.71. The van der Waals surface area contributed by atoms with E-state index in [1.165, 1.54) is 0 Å². The molecular weight excluding hydrogens is 555 g/mol. The average Bonchev–Trinajstić information content (AvgIpc) is 2.97. The van der Waals surface area contributed by atoms with Crippen LogP contribution in [0.25, 0.3) is 33.1 Å². The smallest absolute Gasteiger partial charge is 0.254 e. The zero-order valence-corrected chi connectivity index (χ0v) is 20.0. The van der Waals surface area contributed by atoms with E-state index in [0.717, 1.165) is 79.3 Å². The van der Waals surface area contributed by atoms with Crippen LogP contribution in [0.2, 0.25) is 0 Å². The van der Waals surface area contributed by atoms with Gasteiger partial charge in [0, 0.05) is 55.7 Å². The Hall–Kier alpha value is -1.97. The van der Waals surface area contributed by atoms with Crippen molar-refractivity contribution >= 4 is 66.2 Å². The zero-order chi connectivity index (χ0) is 20.7. The molecule has 3 heterocycles. The molecule has 0 saturated carbocycles. The molecule has 2 aromatic carbocycles. The Balaban J connectivity index is 1.69. The summed E-state index contributed by atoms with van der Waals surface area (Å²) in [5.74, 6) is 0.0790. The zero-order valence-electron chi connectivity index (χ0n) is 16.2. The first-order valence-corrected chi connectivity index (χ1v) is 11.8. The molecule has 0 bridgehead atoms. The van der Waals surface area contributed by atoms with Crippen LogP contribution in [0.3, 0.4) is 0 Å². The van der Waals surface area contributed by atoms with Gasteiger partial charge >= 0.3 is 0 Å². The number of hydrogen-bond donors (Lipinski definition) is 2. The predicted octanol–water partition coefficient (Wildman–Crippen LogP) is 5.19. The second-order valence-electron chi connectivity index (χ2n) is 7.50. The van der Waals surface area contributed by atoms with Crippen molar-refractivity contribution in [2.45, 2.75) is 6.42 Å². The maximum atomic E-state index is 13.6. The number of carbonyl (C=O) groups excluding carboxylic acids is 1. The highest BCUT2D eigenvalue weighted by Gasteiger charge is 2.22. The molecule has 0 aliphatic carbocycles. The van der Waals surface area contributed by atoms with Crippen LogP contribution >= 0.6 is 38.5 Å². The van der Waals surface area contributed by atoms with Gasteiger partial charge in [0.25, 0.3) is 5.91 Å². The average molecular weight is 575 g/mol. The van der Waals surface area contributed by atoms with Crippen LogP contribution in [0.5, 0.6) is 0 Å². The standard InChI is InChI=1S/C23H20BrIN4O/c24-14-2-4-20-16(10-14)19(13-27-20)22-12-18(17-11-15(25)3-5-21(17)28-22)23(30)29-8-1-6-26-7-9-29/h2-5,10-13,26-27H,1,6-9H2. The molecule has 30 heavy (non-hydrogen) atoms. The van der Waals surface area contributed by atoms with Crippen molar-refractivity contribution in [1.82, 2.24) is 20.2 Å². The summed E-state index contributed by atoms with van der Waals surface area (Å²) >= 11 is 5.86. The van der Waals surface area contributed by atoms with Gasteiger partial charge < -0.3 is 15.2 Å². The fourth-order valence-electron chi connectivity index (χ4n) is 4.04. The summed E-state index contributed by atoms with van der Waals surface area (Å²) in [6, 6.07) is 14.2. The Bertz CT molecular complexity index is 1260. The maximum absolute atomic E-state index is 13.6. The van der Waals surface area contributed by atoms with E-state index < -0.39 is 0 Å². The summed E-state index contributed by atoms with van der Waals surface area (Å²) in [5, 5.41) is 5.37. The number of pyridine rings is 1. The van der Waals surface area contributed by atoms with E-state index in [4.69, 9.17) is 4.98 Å². The number of benzene rings is 2. The largest absolute Gasteiger partial charge is 0.360 e. The molecule has 2 N–H and O–H groups in total. The third kappa shape index (κ3) is 3.74. The first kappa shape index (κ1) is 20.0. The highest BCUT2D eigenvalue weighted by atomic mass is 127. The van der Waals surface area contributed by atoms with E-state index in [1.54, 1.807) is 0 Å². The van der Waals surface area contributed by atoms with Crippen LogP contribution in [0.1, 0.15) is 16.8 Å². The van der Waals surface area contributed by atoms with Crippen molar-refractivity contribution < 1.29 is 4.79 Å². The van der Waals surface area contributed by atoms with E-state index in [-0.39, 0.29) is 5.91 Å². The molecule has 1 aliphatic rings. The highest BCUT2D eigenvalue weighted by molar-refractivity contribution is 14.1. The van der Waals surface area contributed by atoms with Crippen molar-refractivity contribution in [3.63, 3.8) is 0 Å². The van der Waals surface area contributed by atoms with Gasteiger partial charge in [0.15, 0.2) is 0 Å². The second-order valence-corrected chi connectivity index (χ2v) is 9.67. The lowest BCUT2D eigenvalue weighted by Gasteiger charge is -2.21.